The summed E-state index contributed by atoms with van der Waals surface area (Å²) < 4.78 is 5.14. The van der Waals surface area contributed by atoms with Gasteiger partial charge in [0.25, 0.3) is 0 Å². The summed E-state index contributed by atoms with van der Waals surface area (Å²) in [7, 11) is 1.57. The van der Waals surface area contributed by atoms with E-state index in [1.165, 1.54) is 0 Å². The second-order valence-electron chi connectivity index (χ2n) is 12.5. The normalized spacial score (nSPS) is 12.1. The van der Waals surface area contributed by atoms with Crippen molar-refractivity contribution in [2.45, 2.75) is 50.6 Å². The number of fused-ring (bicyclic) bond motifs is 2. The number of H-pyrrole nitrogens is 1. The number of rotatable bonds is 18. The predicted molar refractivity (Wildman–Crippen MR) is 198 cm³/mol. The molecule has 5 rings (SSSR count). The highest BCUT2D eigenvalue weighted by molar-refractivity contribution is 5.93. The van der Waals surface area contributed by atoms with Gasteiger partial charge in [0.05, 0.1) is 13.5 Å². The maximum absolute atomic E-state index is 13.5. The van der Waals surface area contributed by atoms with E-state index >= 15 is 0 Å². The van der Waals surface area contributed by atoms with Gasteiger partial charge in [-0.25, -0.2) is 0 Å². The third kappa shape index (κ3) is 10.7. The van der Waals surface area contributed by atoms with E-state index in [1.807, 2.05) is 79.0 Å². The van der Waals surface area contributed by atoms with Crippen LogP contribution in [0.2, 0.25) is 0 Å². The fourth-order valence-electron chi connectivity index (χ4n) is 5.97. The largest absolute Gasteiger partial charge is 0.497 e. The van der Waals surface area contributed by atoms with E-state index in [-0.39, 0.29) is 31.7 Å². The molecule has 2 atom stereocenters. The van der Waals surface area contributed by atoms with E-state index in [2.05, 4.69) is 32.3 Å². The Bertz CT molecular complexity index is 2020. The number of nitrogens with one attached hydrogen (secondary N) is 5. The van der Waals surface area contributed by atoms with Gasteiger partial charge >= 0.3 is 5.97 Å². The molecule has 0 aliphatic carbocycles. The Morgan fingerprint density at radius 1 is 0.712 bits per heavy atom. The molecule has 52 heavy (non-hydrogen) atoms. The van der Waals surface area contributed by atoms with Crippen LogP contribution in [0.25, 0.3) is 21.7 Å². The molecule has 4 amide bonds. The number of methoxy groups -OCH3 is 1. The number of aliphatic carboxylic acids is 1. The van der Waals surface area contributed by atoms with Crippen molar-refractivity contribution >= 4 is 51.3 Å². The van der Waals surface area contributed by atoms with Gasteiger partial charge < -0.3 is 36.1 Å². The molecule has 0 fully saturated rings. The fourth-order valence-corrected chi connectivity index (χ4v) is 5.97. The third-order valence-electron chi connectivity index (χ3n) is 8.76. The molecule has 1 aromatic heterocycles. The van der Waals surface area contributed by atoms with Gasteiger partial charge in [-0.15, -0.1) is 0 Å². The van der Waals surface area contributed by atoms with Gasteiger partial charge in [-0.1, -0.05) is 72.8 Å². The number of ether oxygens (including phenoxy) is 1. The van der Waals surface area contributed by atoms with Crippen LogP contribution in [0.1, 0.15) is 36.0 Å². The molecule has 5 aromatic rings. The summed E-state index contributed by atoms with van der Waals surface area (Å²) in [6, 6.07) is 26.9. The van der Waals surface area contributed by atoms with Crippen molar-refractivity contribution < 1.29 is 33.8 Å². The van der Waals surface area contributed by atoms with Gasteiger partial charge in [-0.3, -0.25) is 24.0 Å². The minimum atomic E-state index is -1.33. The van der Waals surface area contributed by atoms with E-state index < -0.39 is 42.2 Å². The first-order chi connectivity index (χ1) is 25.2. The van der Waals surface area contributed by atoms with Crippen molar-refractivity contribution in [3.05, 3.63) is 114 Å². The lowest BCUT2D eigenvalue weighted by molar-refractivity contribution is -0.140. The van der Waals surface area contributed by atoms with Crippen molar-refractivity contribution in [1.29, 1.82) is 0 Å². The molecule has 0 unspecified atom stereocenters. The van der Waals surface area contributed by atoms with Crippen LogP contribution in [0.5, 0.6) is 5.75 Å². The Hall–Kier alpha value is -6.17. The Morgan fingerprint density at radius 3 is 2.00 bits per heavy atom. The summed E-state index contributed by atoms with van der Waals surface area (Å²) in [5, 5.41) is 23.4. The van der Waals surface area contributed by atoms with E-state index in [1.54, 1.807) is 19.2 Å². The number of hydrogen-bond donors (Lipinski definition) is 6. The summed E-state index contributed by atoms with van der Waals surface area (Å²) >= 11 is 0. The van der Waals surface area contributed by atoms with E-state index in [4.69, 9.17) is 4.74 Å². The highest BCUT2D eigenvalue weighted by Gasteiger charge is 2.25. The monoisotopic (exact) mass is 705 g/mol. The second kappa shape index (κ2) is 18.2. The molecule has 0 radical (unpaired) electrons. The van der Waals surface area contributed by atoms with Gasteiger partial charge in [0.15, 0.2) is 0 Å². The summed E-state index contributed by atoms with van der Waals surface area (Å²) in [5.41, 5.74) is 3.75. The molecule has 1 heterocycles. The van der Waals surface area contributed by atoms with Crippen molar-refractivity contribution in [3.63, 3.8) is 0 Å². The van der Waals surface area contributed by atoms with Crippen LogP contribution >= 0.6 is 0 Å². The van der Waals surface area contributed by atoms with Crippen molar-refractivity contribution in [2.75, 3.05) is 20.2 Å². The molecule has 0 saturated carbocycles. The maximum Gasteiger partial charge on any atom is 0.305 e. The standard InChI is InChI=1S/C40H43N5O7/c1-52-31-14-11-26(12-15-31)18-20-41-40(51)35(24-38(48)49)45-37(47)17-16-36(46)44-34(23-30-25-43-33-9-5-4-8-32(30)33)39(50)42-21-19-27-10-13-28-6-2-3-7-29(28)22-27/h2-15,22,25,34-35,43H,16-21,23-24H2,1H3,(H,41,51)(H,42,50)(H,44,46)(H,45,47)(H,48,49)/t34-,35-/m1/s1. The van der Waals surface area contributed by atoms with Crippen LogP contribution in [-0.4, -0.2) is 72.0 Å². The lowest BCUT2D eigenvalue weighted by Crippen LogP contribution is -2.49. The lowest BCUT2D eigenvalue weighted by atomic mass is 10.0. The molecule has 0 aliphatic heterocycles. The molecule has 0 saturated heterocycles. The average Bonchev–Trinajstić information content (AvgIpc) is 3.56. The first-order valence-electron chi connectivity index (χ1n) is 17.2. The Balaban J connectivity index is 1.15. The zero-order valence-electron chi connectivity index (χ0n) is 28.9. The number of hydrogen-bond acceptors (Lipinski definition) is 6. The quantitative estimate of drug-likeness (QED) is 0.0803. The zero-order chi connectivity index (χ0) is 36.9. The van der Waals surface area contributed by atoms with Gasteiger partial charge in [-0.05, 0) is 58.5 Å². The van der Waals surface area contributed by atoms with Gasteiger partial charge in [-0.2, -0.15) is 0 Å². The molecule has 6 N–H and O–H groups in total. The van der Waals surface area contributed by atoms with Crippen LogP contribution in [0.3, 0.4) is 0 Å². The molecule has 0 aliphatic rings. The van der Waals surface area contributed by atoms with Crippen molar-refractivity contribution in [3.8, 4) is 5.75 Å². The minimum absolute atomic E-state index is 0.209. The molecule has 0 bridgehead atoms. The molecule has 270 valence electrons. The average molecular weight is 706 g/mol. The highest BCUT2D eigenvalue weighted by Crippen LogP contribution is 2.20. The van der Waals surface area contributed by atoms with Crippen molar-refractivity contribution in [1.82, 2.24) is 26.3 Å². The smallest absolute Gasteiger partial charge is 0.305 e. The highest BCUT2D eigenvalue weighted by atomic mass is 16.5. The van der Waals surface area contributed by atoms with Crippen LogP contribution in [-0.2, 0) is 43.2 Å². The number of amides is 4. The lowest BCUT2D eigenvalue weighted by Gasteiger charge is -2.19. The maximum atomic E-state index is 13.5. The Labute approximate surface area is 301 Å². The first-order valence-corrected chi connectivity index (χ1v) is 17.2. The fraction of sp³-hybridized carbons (Fsp3) is 0.275. The number of benzene rings is 4. The van der Waals surface area contributed by atoms with E-state index in [0.29, 0.717) is 25.1 Å². The molecular formula is C40H43N5O7. The summed E-state index contributed by atoms with van der Waals surface area (Å²) in [5.74, 6) is -2.78. The number of aromatic amines is 1. The van der Waals surface area contributed by atoms with Crippen LogP contribution in [0, 0.1) is 0 Å². The van der Waals surface area contributed by atoms with Gasteiger partial charge in [0.1, 0.15) is 17.8 Å². The molecule has 12 heteroatoms. The SMILES string of the molecule is COc1ccc(CCNC(=O)[C@@H](CC(=O)O)NC(=O)CCC(=O)N[C@H](Cc2c[nH]c3ccccc23)C(=O)NCCc2ccc3ccccc3c2)cc1. The minimum Gasteiger partial charge on any atom is -0.497 e. The summed E-state index contributed by atoms with van der Waals surface area (Å²) in [6.07, 6.45) is 1.88. The van der Waals surface area contributed by atoms with E-state index in [9.17, 15) is 29.1 Å². The zero-order valence-corrected chi connectivity index (χ0v) is 28.9. The van der Waals surface area contributed by atoms with E-state index in [0.717, 1.165) is 38.4 Å². The predicted octanol–water partition coefficient (Wildman–Crippen LogP) is 3.81. The van der Waals surface area contributed by atoms with Crippen LogP contribution in [0.15, 0.2) is 97.2 Å². The number of para-hydroxylation sites is 1. The topological polar surface area (TPSA) is 179 Å². The van der Waals surface area contributed by atoms with Crippen LogP contribution < -0.4 is 26.0 Å². The van der Waals surface area contributed by atoms with Gasteiger partial charge in [0, 0.05) is 49.5 Å². The number of carboxylic acids is 1. The number of carbonyl (C=O) groups is 5. The second-order valence-corrected chi connectivity index (χ2v) is 12.5. The summed E-state index contributed by atoms with van der Waals surface area (Å²) in [6.45, 7) is 0.578. The number of carboxylic acid groups (broad SMARTS) is 1. The Kier molecular flexibility index (Phi) is 13.0. The number of aromatic nitrogens is 1. The number of carbonyl (C=O) groups excluding carboxylic acids is 4. The molecule has 12 nitrogen and oxygen atoms in total. The summed E-state index contributed by atoms with van der Waals surface area (Å²) in [4.78, 5) is 66.9. The third-order valence-corrected chi connectivity index (χ3v) is 8.76. The molecule has 0 spiro atoms. The van der Waals surface area contributed by atoms with Gasteiger partial charge in [0.2, 0.25) is 23.6 Å². The molecular weight excluding hydrogens is 662 g/mol. The van der Waals surface area contributed by atoms with Crippen molar-refractivity contribution in [2.24, 2.45) is 0 Å². The van der Waals surface area contributed by atoms with Crippen LogP contribution in [0.4, 0.5) is 0 Å². The first kappa shape index (κ1) is 37.1. The molecule has 4 aromatic carbocycles. The Morgan fingerprint density at radius 2 is 1.31 bits per heavy atom.